The highest BCUT2D eigenvalue weighted by Gasteiger charge is 2.10. The zero-order chi connectivity index (χ0) is 17.3. The molecule has 3 aromatic rings. The summed E-state index contributed by atoms with van der Waals surface area (Å²) in [6, 6.07) is 30.4. The molecule has 1 atom stereocenters. The van der Waals surface area contributed by atoms with Gasteiger partial charge >= 0.3 is 0 Å². The van der Waals surface area contributed by atoms with Gasteiger partial charge in [0.2, 0.25) is 0 Å². The molecule has 1 unspecified atom stereocenters. The Hall–Kier alpha value is -2.71. The Morgan fingerprint density at radius 3 is 1.60 bits per heavy atom. The highest BCUT2D eigenvalue weighted by atomic mass is 16.3. The van der Waals surface area contributed by atoms with Gasteiger partial charge in [-0.15, -0.1) is 0 Å². The van der Waals surface area contributed by atoms with Crippen molar-refractivity contribution in [1.29, 1.82) is 0 Å². The molecule has 2 nitrogen and oxygen atoms in total. The van der Waals surface area contributed by atoms with Crippen LogP contribution in [0.5, 0.6) is 0 Å². The van der Waals surface area contributed by atoms with E-state index in [4.69, 9.17) is 0 Å². The average Bonchev–Trinajstić information content (AvgIpc) is 2.68. The van der Waals surface area contributed by atoms with E-state index in [0.717, 1.165) is 18.4 Å². The highest BCUT2D eigenvalue weighted by molar-refractivity contribution is 5.62. The molecule has 25 heavy (non-hydrogen) atoms. The molecule has 0 radical (unpaired) electrons. The summed E-state index contributed by atoms with van der Waals surface area (Å²) in [6.45, 7) is 0. The van der Waals surface area contributed by atoms with E-state index in [-0.39, 0.29) is 5.92 Å². The van der Waals surface area contributed by atoms with E-state index >= 15 is 0 Å². The van der Waals surface area contributed by atoms with Crippen LogP contribution >= 0.6 is 0 Å². The number of hydrogen-bond acceptors (Lipinski definition) is 2. The van der Waals surface area contributed by atoms with E-state index in [0.29, 0.717) is 0 Å². The summed E-state index contributed by atoms with van der Waals surface area (Å²) in [7, 11) is 0. The van der Waals surface area contributed by atoms with Crippen LogP contribution in [0.1, 0.15) is 22.9 Å². The average molecular weight is 329 g/mol. The molecule has 3 aromatic carbocycles. The number of aliphatic hydroxyl groups excluding tert-OH is 1. The second-order valence-corrected chi connectivity index (χ2v) is 6.22. The lowest BCUT2D eigenvalue weighted by molar-refractivity contribution is 0.188. The van der Waals surface area contributed by atoms with Crippen LogP contribution in [-0.2, 0) is 12.8 Å². The van der Waals surface area contributed by atoms with Gasteiger partial charge in [-0.05, 0) is 24.0 Å². The first-order valence-electron chi connectivity index (χ1n) is 8.65. The maximum atomic E-state index is 10.3. The van der Waals surface area contributed by atoms with Crippen LogP contribution in [-0.4, -0.2) is 11.3 Å². The predicted molar refractivity (Wildman–Crippen MR) is 104 cm³/mol. The zero-order valence-corrected chi connectivity index (χ0v) is 14.2. The summed E-state index contributed by atoms with van der Waals surface area (Å²) in [5.41, 5.74) is 3.38. The normalized spacial score (nSPS) is 12.6. The summed E-state index contributed by atoms with van der Waals surface area (Å²) in [4.78, 5) is 4.42. The maximum Gasteiger partial charge on any atom is 0.170 e. The van der Waals surface area contributed by atoms with Crippen LogP contribution < -0.4 is 0 Å². The number of rotatable bonds is 7. The third-order valence-electron chi connectivity index (χ3n) is 4.22. The lowest BCUT2D eigenvalue weighted by atomic mass is 9.93. The molecule has 0 saturated carbocycles. The monoisotopic (exact) mass is 329 g/mol. The first-order chi connectivity index (χ1) is 12.3. The van der Waals surface area contributed by atoms with Crippen LogP contribution in [0, 0.1) is 5.92 Å². The third kappa shape index (κ3) is 5.40. The summed E-state index contributed by atoms with van der Waals surface area (Å²) < 4.78 is 0. The van der Waals surface area contributed by atoms with Crippen LogP contribution in [0.2, 0.25) is 0 Å². The summed E-state index contributed by atoms with van der Waals surface area (Å²) in [6.07, 6.45) is 2.91. The second kappa shape index (κ2) is 8.95. The Balaban J connectivity index is 1.74. The molecule has 1 N–H and O–H groups in total. The van der Waals surface area contributed by atoms with E-state index < -0.39 is 6.23 Å². The molecule has 0 aliphatic carbocycles. The van der Waals surface area contributed by atoms with Gasteiger partial charge in [-0.3, -0.25) is 4.99 Å². The molecule has 0 heterocycles. The number of aliphatic hydroxyl groups is 1. The van der Waals surface area contributed by atoms with E-state index in [1.165, 1.54) is 11.1 Å². The van der Waals surface area contributed by atoms with Gasteiger partial charge in [0, 0.05) is 17.7 Å². The quantitative estimate of drug-likeness (QED) is 0.618. The Morgan fingerprint density at radius 2 is 1.12 bits per heavy atom. The fourth-order valence-electron chi connectivity index (χ4n) is 2.93. The Bertz CT molecular complexity index is 727. The SMILES string of the molecule is OC(N=CC(Cc1ccccc1)Cc1ccccc1)c1ccccc1. The van der Waals surface area contributed by atoms with Crippen LogP contribution in [0.4, 0.5) is 0 Å². The van der Waals surface area contributed by atoms with Crippen molar-refractivity contribution in [2.45, 2.75) is 19.1 Å². The van der Waals surface area contributed by atoms with Crippen molar-refractivity contribution in [3.63, 3.8) is 0 Å². The molecule has 0 aliphatic rings. The zero-order valence-electron chi connectivity index (χ0n) is 14.2. The lowest BCUT2D eigenvalue weighted by Crippen LogP contribution is -2.11. The number of nitrogens with zero attached hydrogens (tertiary/aromatic N) is 1. The van der Waals surface area contributed by atoms with Crippen molar-refractivity contribution in [1.82, 2.24) is 0 Å². The molecule has 0 bridgehead atoms. The minimum atomic E-state index is -0.810. The fraction of sp³-hybridized carbons (Fsp3) is 0.174. The Labute approximate surface area is 149 Å². The van der Waals surface area contributed by atoms with Crippen LogP contribution in [0.15, 0.2) is 96.0 Å². The van der Waals surface area contributed by atoms with Crippen molar-refractivity contribution in [3.8, 4) is 0 Å². The molecule has 3 rings (SSSR count). The van der Waals surface area contributed by atoms with Crippen molar-refractivity contribution in [3.05, 3.63) is 108 Å². The number of hydrogen-bond donors (Lipinski definition) is 1. The summed E-state index contributed by atoms with van der Waals surface area (Å²) in [5.74, 6) is 0.239. The van der Waals surface area contributed by atoms with E-state index in [1.54, 1.807) is 0 Å². The van der Waals surface area contributed by atoms with Gasteiger partial charge in [0.15, 0.2) is 6.23 Å². The Kier molecular flexibility index (Phi) is 6.13. The summed E-state index contributed by atoms with van der Waals surface area (Å²) >= 11 is 0. The minimum absolute atomic E-state index is 0.239. The lowest BCUT2D eigenvalue weighted by Gasteiger charge is -2.14. The molecule has 0 aliphatic heterocycles. The topological polar surface area (TPSA) is 32.6 Å². The van der Waals surface area contributed by atoms with Crippen molar-refractivity contribution in [2.75, 3.05) is 0 Å². The largest absolute Gasteiger partial charge is 0.368 e. The van der Waals surface area contributed by atoms with Crippen LogP contribution in [0.25, 0.3) is 0 Å². The molecule has 0 spiro atoms. The molecule has 0 fully saturated rings. The van der Waals surface area contributed by atoms with Gasteiger partial charge < -0.3 is 5.11 Å². The molecule has 0 aromatic heterocycles. The fourth-order valence-corrected chi connectivity index (χ4v) is 2.93. The molecular formula is C23H23NO. The van der Waals surface area contributed by atoms with Gasteiger partial charge in [0.05, 0.1) is 0 Å². The smallest absolute Gasteiger partial charge is 0.170 e. The Morgan fingerprint density at radius 1 is 0.680 bits per heavy atom. The summed E-state index contributed by atoms with van der Waals surface area (Å²) in [5, 5.41) is 10.3. The van der Waals surface area contributed by atoms with E-state index in [9.17, 15) is 5.11 Å². The van der Waals surface area contributed by atoms with Crippen molar-refractivity contribution >= 4 is 6.21 Å². The number of aliphatic imine (C=N–C) groups is 1. The van der Waals surface area contributed by atoms with Crippen LogP contribution in [0.3, 0.4) is 0 Å². The minimum Gasteiger partial charge on any atom is -0.368 e. The predicted octanol–water partition coefficient (Wildman–Crippen LogP) is 4.85. The van der Waals surface area contributed by atoms with Gasteiger partial charge in [-0.2, -0.15) is 0 Å². The highest BCUT2D eigenvalue weighted by Crippen LogP contribution is 2.17. The molecule has 0 amide bonds. The van der Waals surface area contributed by atoms with Gasteiger partial charge in [-0.25, -0.2) is 0 Å². The van der Waals surface area contributed by atoms with Crippen molar-refractivity contribution < 1.29 is 5.11 Å². The van der Waals surface area contributed by atoms with Crippen molar-refractivity contribution in [2.24, 2.45) is 10.9 Å². The van der Waals surface area contributed by atoms with E-state index in [1.807, 2.05) is 48.7 Å². The standard InChI is InChI=1S/C23H23NO/c25-23(22-14-8-3-9-15-22)24-18-21(16-19-10-4-1-5-11-19)17-20-12-6-2-7-13-20/h1-15,18,21,23,25H,16-17H2. The van der Waals surface area contributed by atoms with Gasteiger partial charge in [-0.1, -0.05) is 91.0 Å². The molecule has 2 heteroatoms. The second-order valence-electron chi connectivity index (χ2n) is 6.22. The first kappa shape index (κ1) is 17.1. The van der Waals surface area contributed by atoms with E-state index in [2.05, 4.69) is 53.5 Å². The first-order valence-corrected chi connectivity index (χ1v) is 8.65. The van der Waals surface area contributed by atoms with Gasteiger partial charge in [0.1, 0.15) is 0 Å². The number of benzene rings is 3. The molecule has 126 valence electrons. The van der Waals surface area contributed by atoms with Gasteiger partial charge in [0.25, 0.3) is 0 Å². The molecule has 0 saturated heterocycles. The third-order valence-corrected chi connectivity index (χ3v) is 4.22. The maximum absolute atomic E-state index is 10.3. The molecular weight excluding hydrogens is 306 g/mol.